The van der Waals surface area contributed by atoms with Gasteiger partial charge in [0, 0.05) is 23.6 Å². The van der Waals surface area contributed by atoms with Crippen LogP contribution in [0.15, 0.2) is 18.2 Å². The average molecular weight is 263 g/mol. The first-order chi connectivity index (χ1) is 8.75. The standard InChI is InChI=1S/C16H25NO2/c1-11(17)6-8-14(18)12-7-9-15(19-5)13(10-12)16(2,3)4/h7,9-11H,6,8,17H2,1-5H3. The second-order valence-corrected chi connectivity index (χ2v) is 6.10. The van der Waals surface area contributed by atoms with Gasteiger partial charge < -0.3 is 10.5 Å². The quantitative estimate of drug-likeness (QED) is 0.829. The average Bonchev–Trinajstić information content (AvgIpc) is 2.34. The van der Waals surface area contributed by atoms with Crippen LogP contribution in [0, 0.1) is 0 Å². The maximum absolute atomic E-state index is 12.1. The van der Waals surface area contributed by atoms with Gasteiger partial charge in [-0.15, -0.1) is 0 Å². The predicted octanol–water partition coefficient (Wildman–Crippen LogP) is 3.30. The van der Waals surface area contributed by atoms with Gasteiger partial charge in [0.25, 0.3) is 0 Å². The van der Waals surface area contributed by atoms with Crippen molar-refractivity contribution in [2.75, 3.05) is 7.11 Å². The zero-order valence-electron chi connectivity index (χ0n) is 12.6. The van der Waals surface area contributed by atoms with Crippen LogP contribution in [0.1, 0.15) is 56.5 Å². The number of methoxy groups -OCH3 is 1. The van der Waals surface area contributed by atoms with E-state index < -0.39 is 0 Å². The minimum atomic E-state index is -0.0528. The van der Waals surface area contributed by atoms with Gasteiger partial charge in [-0.05, 0) is 37.0 Å². The topological polar surface area (TPSA) is 52.3 Å². The second kappa shape index (κ2) is 6.20. The Morgan fingerprint density at radius 1 is 1.37 bits per heavy atom. The Morgan fingerprint density at radius 2 is 2.00 bits per heavy atom. The highest BCUT2D eigenvalue weighted by molar-refractivity contribution is 5.96. The Balaban J connectivity index is 3.01. The van der Waals surface area contributed by atoms with Gasteiger partial charge in [-0.1, -0.05) is 20.8 Å². The summed E-state index contributed by atoms with van der Waals surface area (Å²) in [5.74, 6) is 0.974. The van der Waals surface area contributed by atoms with Crippen LogP contribution in [-0.4, -0.2) is 18.9 Å². The molecule has 0 fully saturated rings. The molecule has 0 aliphatic rings. The summed E-state index contributed by atoms with van der Waals surface area (Å²) in [5.41, 5.74) is 7.44. The SMILES string of the molecule is COc1ccc(C(=O)CCC(C)N)cc1C(C)(C)C. The lowest BCUT2D eigenvalue weighted by Gasteiger charge is -2.22. The molecule has 0 saturated heterocycles. The van der Waals surface area contributed by atoms with Crippen molar-refractivity contribution in [3.63, 3.8) is 0 Å². The van der Waals surface area contributed by atoms with Crippen LogP contribution in [0.25, 0.3) is 0 Å². The fourth-order valence-electron chi connectivity index (χ4n) is 1.97. The molecule has 1 aromatic rings. The maximum Gasteiger partial charge on any atom is 0.162 e. The Labute approximate surface area is 116 Å². The van der Waals surface area contributed by atoms with E-state index in [9.17, 15) is 4.79 Å². The summed E-state index contributed by atoms with van der Waals surface area (Å²) in [6.07, 6.45) is 1.21. The van der Waals surface area contributed by atoms with E-state index >= 15 is 0 Å². The molecule has 1 unspecified atom stereocenters. The molecular formula is C16H25NO2. The lowest BCUT2D eigenvalue weighted by molar-refractivity contribution is 0.0978. The van der Waals surface area contributed by atoms with Crippen LogP contribution >= 0.6 is 0 Å². The number of rotatable bonds is 5. The van der Waals surface area contributed by atoms with Gasteiger partial charge in [0.1, 0.15) is 5.75 Å². The number of ether oxygens (including phenoxy) is 1. The third-order valence-corrected chi connectivity index (χ3v) is 3.16. The van der Waals surface area contributed by atoms with Gasteiger partial charge >= 0.3 is 0 Å². The summed E-state index contributed by atoms with van der Waals surface area (Å²) in [4.78, 5) is 12.1. The third-order valence-electron chi connectivity index (χ3n) is 3.16. The highest BCUT2D eigenvalue weighted by Crippen LogP contribution is 2.32. The summed E-state index contributed by atoms with van der Waals surface area (Å²) in [6, 6.07) is 5.71. The molecule has 3 heteroatoms. The first-order valence-electron chi connectivity index (χ1n) is 6.73. The minimum absolute atomic E-state index is 0.0528. The van der Waals surface area contributed by atoms with Crippen molar-refractivity contribution in [3.05, 3.63) is 29.3 Å². The first kappa shape index (κ1) is 15.7. The summed E-state index contributed by atoms with van der Waals surface area (Å²) >= 11 is 0. The molecule has 0 aromatic heterocycles. The highest BCUT2D eigenvalue weighted by Gasteiger charge is 2.20. The maximum atomic E-state index is 12.1. The molecule has 1 rings (SSSR count). The molecule has 0 bridgehead atoms. The van der Waals surface area contributed by atoms with Gasteiger partial charge in [-0.25, -0.2) is 0 Å². The molecule has 2 N–H and O–H groups in total. The van der Waals surface area contributed by atoms with Gasteiger partial charge in [0.15, 0.2) is 5.78 Å². The molecule has 3 nitrogen and oxygen atoms in total. The zero-order valence-corrected chi connectivity index (χ0v) is 12.6. The smallest absolute Gasteiger partial charge is 0.162 e. The van der Waals surface area contributed by atoms with E-state index in [1.54, 1.807) is 7.11 Å². The number of ketones is 1. The number of hydrogen-bond acceptors (Lipinski definition) is 3. The minimum Gasteiger partial charge on any atom is -0.496 e. The Bertz CT molecular complexity index is 445. The van der Waals surface area contributed by atoms with Crippen LogP contribution in [0.3, 0.4) is 0 Å². The third kappa shape index (κ3) is 4.35. The van der Waals surface area contributed by atoms with Crippen molar-refractivity contribution >= 4 is 5.78 Å². The van der Waals surface area contributed by atoms with Gasteiger partial charge in [-0.2, -0.15) is 0 Å². The Hall–Kier alpha value is -1.35. The zero-order chi connectivity index (χ0) is 14.6. The summed E-state index contributed by atoms with van der Waals surface area (Å²) in [6.45, 7) is 8.26. The van der Waals surface area contributed by atoms with Crippen molar-refractivity contribution in [3.8, 4) is 5.75 Å². The van der Waals surface area contributed by atoms with Crippen LogP contribution in [-0.2, 0) is 5.41 Å². The summed E-state index contributed by atoms with van der Waals surface area (Å²) in [5, 5.41) is 0. The normalized spacial score (nSPS) is 13.2. The fraction of sp³-hybridized carbons (Fsp3) is 0.562. The highest BCUT2D eigenvalue weighted by atomic mass is 16.5. The number of hydrogen-bond donors (Lipinski definition) is 1. The van der Waals surface area contributed by atoms with Crippen molar-refractivity contribution in [1.29, 1.82) is 0 Å². The van der Waals surface area contributed by atoms with Crippen molar-refractivity contribution in [2.24, 2.45) is 5.73 Å². The second-order valence-electron chi connectivity index (χ2n) is 6.10. The predicted molar refractivity (Wildman–Crippen MR) is 78.9 cm³/mol. The van der Waals surface area contributed by atoms with E-state index in [2.05, 4.69) is 20.8 Å². The Morgan fingerprint density at radius 3 is 2.47 bits per heavy atom. The molecule has 1 aromatic carbocycles. The van der Waals surface area contributed by atoms with E-state index in [-0.39, 0.29) is 17.2 Å². The van der Waals surface area contributed by atoms with Crippen LogP contribution < -0.4 is 10.5 Å². The largest absolute Gasteiger partial charge is 0.496 e. The lowest BCUT2D eigenvalue weighted by Crippen LogP contribution is -2.17. The molecule has 0 aliphatic heterocycles. The van der Waals surface area contributed by atoms with E-state index in [1.807, 2.05) is 25.1 Å². The molecule has 19 heavy (non-hydrogen) atoms. The number of benzene rings is 1. The summed E-state index contributed by atoms with van der Waals surface area (Å²) < 4.78 is 5.37. The molecule has 0 heterocycles. The van der Waals surface area contributed by atoms with E-state index in [4.69, 9.17) is 10.5 Å². The van der Waals surface area contributed by atoms with Crippen LogP contribution in [0.2, 0.25) is 0 Å². The molecule has 0 aliphatic carbocycles. The molecule has 0 spiro atoms. The number of nitrogens with two attached hydrogens (primary N) is 1. The molecule has 106 valence electrons. The van der Waals surface area contributed by atoms with Gasteiger partial charge in [0.2, 0.25) is 0 Å². The van der Waals surface area contributed by atoms with E-state index in [1.165, 1.54) is 0 Å². The van der Waals surface area contributed by atoms with Crippen molar-refractivity contribution in [2.45, 2.75) is 52.0 Å². The van der Waals surface area contributed by atoms with Crippen LogP contribution in [0.5, 0.6) is 5.75 Å². The molecule has 1 atom stereocenters. The Kier molecular flexibility index (Phi) is 5.12. The van der Waals surface area contributed by atoms with Gasteiger partial charge in [-0.3, -0.25) is 4.79 Å². The molecular weight excluding hydrogens is 238 g/mol. The number of carbonyl (C=O) groups is 1. The van der Waals surface area contributed by atoms with Crippen molar-refractivity contribution < 1.29 is 9.53 Å². The number of carbonyl (C=O) groups excluding carboxylic acids is 1. The first-order valence-corrected chi connectivity index (χ1v) is 6.73. The lowest BCUT2D eigenvalue weighted by atomic mass is 9.84. The van der Waals surface area contributed by atoms with Gasteiger partial charge in [0.05, 0.1) is 7.11 Å². The summed E-state index contributed by atoms with van der Waals surface area (Å²) in [7, 11) is 1.65. The van der Waals surface area contributed by atoms with Crippen LogP contribution in [0.4, 0.5) is 0 Å². The molecule has 0 saturated carbocycles. The monoisotopic (exact) mass is 263 g/mol. The van der Waals surface area contributed by atoms with Crippen molar-refractivity contribution in [1.82, 2.24) is 0 Å². The molecule has 0 amide bonds. The van der Waals surface area contributed by atoms with E-state index in [0.717, 1.165) is 23.3 Å². The fourth-order valence-corrected chi connectivity index (χ4v) is 1.97. The molecule has 0 radical (unpaired) electrons. The number of Topliss-reactive ketones (excluding diaryl/α,β-unsaturated/α-hetero) is 1. The van der Waals surface area contributed by atoms with E-state index in [0.29, 0.717) is 6.42 Å².